The van der Waals surface area contributed by atoms with Gasteiger partial charge in [0, 0.05) is 26.0 Å². The van der Waals surface area contributed by atoms with Crippen LogP contribution in [0.4, 0.5) is 5.95 Å². The normalized spacial score (nSPS) is 12.6. The maximum atomic E-state index is 9.12. The lowest BCUT2D eigenvalue weighted by molar-refractivity contribution is 0.186. The third-order valence-electron chi connectivity index (χ3n) is 1.99. The van der Waals surface area contributed by atoms with Crippen molar-refractivity contribution in [3.63, 3.8) is 0 Å². The highest BCUT2D eigenvalue weighted by Gasteiger charge is 2.04. The van der Waals surface area contributed by atoms with Crippen molar-refractivity contribution in [3.8, 4) is 0 Å². The Labute approximate surface area is 84.6 Å². The molecule has 1 heterocycles. The topological polar surface area (TPSA) is 49.2 Å². The number of aryl methyl sites for hydroxylation is 1. The van der Waals surface area contributed by atoms with Crippen molar-refractivity contribution in [2.24, 2.45) is 0 Å². The van der Waals surface area contributed by atoms with E-state index in [-0.39, 0.29) is 6.10 Å². The average molecular weight is 195 g/mol. The van der Waals surface area contributed by atoms with Crippen molar-refractivity contribution in [1.82, 2.24) is 9.97 Å². The molecule has 4 heteroatoms. The van der Waals surface area contributed by atoms with Crippen LogP contribution in [0.3, 0.4) is 0 Å². The molecule has 0 amide bonds. The Morgan fingerprint density at radius 2 is 2.00 bits per heavy atom. The van der Waals surface area contributed by atoms with Gasteiger partial charge in [0.15, 0.2) is 0 Å². The summed E-state index contributed by atoms with van der Waals surface area (Å²) in [5.74, 6) is 0.705. The van der Waals surface area contributed by atoms with E-state index in [2.05, 4.69) is 9.97 Å². The minimum Gasteiger partial charge on any atom is -0.393 e. The fourth-order valence-electron chi connectivity index (χ4n) is 1.06. The number of hydrogen-bond acceptors (Lipinski definition) is 4. The summed E-state index contributed by atoms with van der Waals surface area (Å²) in [6, 6.07) is 0. The lowest BCUT2D eigenvalue weighted by Gasteiger charge is -2.17. The molecule has 0 saturated carbocycles. The first kappa shape index (κ1) is 10.9. The van der Waals surface area contributed by atoms with E-state index in [4.69, 9.17) is 5.11 Å². The van der Waals surface area contributed by atoms with E-state index in [1.807, 2.05) is 18.9 Å². The van der Waals surface area contributed by atoms with Gasteiger partial charge in [-0.1, -0.05) is 0 Å². The van der Waals surface area contributed by atoms with Crippen molar-refractivity contribution in [1.29, 1.82) is 0 Å². The largest absolute Gasteiger partial charge is 0.393 e. The molecule has 1 aromatic heterocycles. The van der Waals surface area contributed by atoms with Crippen molar-refractivity contribution < 1.29 is 5.11 Å². The van der Waals surface area contributed by atoms with Gasteiger partial charge in [-0.25, -0.2) is 9.97 Å². The van der Waals surface area contributed by atoms with Gasteiger partial charge < -0.3 is 10.0 Å². The molecule has 1 atom stereocenters. The summed E-state index contributed by atoms with van der Waals surface area (Å²) in [5, 5.41) is 9.12. The zero-order chi connectivity index (χ0) is 10.6. The van der Waals surface area contributed by atoms with Crippen LogP contribution >= 0.6 is 0 Å². The van der Waals surface area contributed by atoms with Gasteiger partial charge in [0.05, 0.1) is 6.10 Å². The molecule has 1 aromatic rings. The molecule has 0 aliphatic rings. The SMILES string of the molecule is Cc1cnc(N(C)CCC(C)O)nc1. The minimum absolute atomic E-state index is 0.275. The molecule has 4 nitrogen and oxygen atoms in total. The molecule has 0 bridgehead atoms. The van der Waals surface area contributed by atoms with E-state index in [9.17, 15) is 0 Å². The van der Waals surface area contributed by atoms with Crippen LogP contribution < -0.4 is 4.90 Å². The summed E-state index contributed by atoms with van der Waals surface area (Å²) in [5.41, 5.74) is 1.05. The third kappa shape index (κ3) is 3.30. The second kappa shape index (κ2) is 4.91. The lowest BCUT2D eigenvalue weighted by Crippen LogP contribution is -2.23. The Bertz CT molecular complexity index is 271. The summed E-state index contributed by atoms with van der Waals surface area (Å²) in [6.45, 7) is 4.50. The molecule has 0 aromatic carbocycles. The van der Waals surface area contributed by atoms with Crippen molar-refractivity contribution in [2.45, 2.75) is 26.4 Å². The van der Waals surface area contributed by atoms with Crippen LogP contribution in [0.2, 0.25) is 0 Å². The molecular weight excluding hydrogens is 178 g/mol. The highest BCUT2D eigenvalue weighted by Crippen LogP contribution is 2.05. The first-order chi connectivity index (χ1) is 6.59. The van der Waals surface area contributed by atoms with Crippen molar-refractivity contribution in [3.05, 3.63) is 18.0 Å². The number of aromatic nitrogens is 2. The third-order valence-corrected chi connectivity index (χ3v) is 1.99. The van der Waals surface area contributed by atoms with Crippen molar-refractivity contribution in [2.75, 3.05) is 18.5 Å². The Morgan fingerprint density at radius 3 is 2.50 bits per heavy atom. The number of aliphatic hydroxyl groups is 1. The molecule has 0 radical (unpaired) electrons. The van der Waals surface area contributed by atoms with Gasteiger partial charge in [-0.05, 0) is 25.8 Å². The van der Waals surface area contributed by atoms with Crippen LogP contribution in [0.1, 0.15) is 18.9 Å². The fourth-order valence-corrected chi connectivity index (χ4v) is 1.06. The predicted octanol–water partition coefficient (Wildman–Crippen LogP) is 0.992. The molecule has 0 spiro atoms. The van der Waals surface area contributed by atoms with Crippen LogP contribution in [0.25, 0.3) is 0 Å². The molecule has 1 rings (SSSR count). The number of rotatable bonds is 4. The van der Waals surface area contributed by atoms with E-state index in [0.29, 0.717) is 5.95 Å². The quantitative estimate of drug-likeness (QED) is 0.778. The van der Waals surface area contributed by atoms with Crippen LogP contribution in [0.15, 0.2) is 12.4 Å². The molecule has 78 valence electrons. The Morgan fingerprint density at radius 1 is 1.43 bits per heavy atom. The maximum Gasteiger partial charge on any atom is 0.224 e. The van der Waals surface area contributed by atoms with E-state index in [1.165, 1.54) is 0 Å². The first-order valence-corrected chi connectivity index (χ1v) is 4.77. The summed E-state index contributed by atoms with van der Waals surface area (Å²) < 4.78 is 0. The maximum absolute atomic E-state index is 9.12. The van der Waals surface area contributed by atoms with Crippen molar-refractivity contribution >= 4 is 5.95 Å². The number of anilines is 1. The van der Waals surface area contributed by atoms with E-state index in [1.54, 1.807) is 19.3 Å². The lowest BCUT2D eigenvalue weighted by atomic mass is 10.3. The van der Waals surface area contributed by atoms with Crippen LogP contribution in [-0.4, -0.2) is 34.8 Å². The highest BCUT2D eigenvalue weighted by atomic mass is 16.3. The molecule has 14 heavy (non-hydrogen) atoms. The zero-order valence-electron chi connectivity index (χ0n) is 8.94. The van der Waals surface area contributed by atoms with Crippen LogP contribution in [0, 0.1) is 6.92 Å². The summed E-state index contributed by atoms with van der Waals surface area (Å²) >= 11 is 0. The monoisotopic (exact) mass is 195 g/mol. The van der Waals surface area contributed by atoms with Gasteiger partial charge in [-0.2, -0.15) is 0 Å². The van der Waals surface area contributed by atoms with Crippen LogP contribution in [0.5, 0.6) is 0 Å². The van der Waals surface area contributed by atoms with Gasteiger partial charge in [0.25, 0.3) is 0 Å². The summed E-state index contributed by atoms with van der Waals surface area (Å²) in [7, 11) is 1.92. The first-order valence-electron chi connectivity index (χ1n) is 4.77. The molecule has 0 aliphatic carbocycles. The van der Waals surface area contributed by atoms with E-state index >= 15 is 0 Å². The Balaban J connectivity index is 2.52. The molecule has 1 unspecified atom stereocenters. The number of hydrogen-bond donors (Lipinski definition) is 1. The highest BCUT2D eigenvalue weighted by molar-refractivity contribution is 5.27. The second-order valence-electron chi connectivity index (χ2n) is 3.62. The smallest absolute Gasteiger partial charge is 0.224 e. The summed E-state index contributed by atoms with van der Waals surface area (Å²) in [4.78, 5) is 10.3. The molecule has 0 aliphatic heterocycles. The van der Waals surface area contributed by atoms with E-state index < -0.39 is 0 Å². The zero-order valence-corrected chi connectivity index (χ0v) is 8.94. The Hall–Kier alpha value is -1.16. The Kier molecular flexibility index (Phi) is 3.83. The second-order valence-corrected chi connectivity index (χ2v) is 3.62. The molecule has 0 fully saturated rings. The number of nitrogens with zero attached hydrogens (tertiary/aromatic N) is 3. The van der Waals surface area contributed by atoms with Gasteiger partial charge in [0.1, 0.15) is 0 Å². The van der Waals surface area contributed by atoms with Gasteiger partial charge in [0.2, 0.25) is 5.95 Å². The minimum atomic E-state index is -0.275. The number of aliphatic hydroxyl groups excluding tert-OH is 1. The summed E-state index contributed by atoms with van der Waals surface area (Å²) in [6.07, 6.45) is 4.04. The van der Waals surface area contributed by atoms with Crippen LogP contribution in [-0.2, 0) is 0 Å². The van der Waals surface area contributed by atoms with Gasteiger partial charge in [-0.15, -0.1) is 0 Å². The predicted molar refractivity (Wildman–Crippen MR) is 56.3 cm³/mol. The van der Waals surface area contributed by atoms with Gasteiger partial charge in [-0.3, -0.25) is 0 Å². The van der Waals surface area contributed by atoms with Gasteiger partial charge >= 0.3 is 0 Å². The standard InChI is InChI=1S/C10H17N3O/c1-8-6-11-10(12-7-8)13(3)5-4-9(2)14/h6-7,9,14H,4-5H2,1-3H3. The molecule has 1 N–H and O–H groups in total. The molecule has 0 saturated heterocycles. The average Bonchev–Trinajstić information content (AvgIpc) is 2.15. The van der Waals surface area contributed by atoms with E-state index in [0.717, 1.165) is 18.5 Å². The molecular formula is C10H17N3O. The fraction of sp³-hybridized carbons (Fsp3) is 0.600.